The van der Waals surface area contributed by atoms with E-state index in [9.17, 15) is 5.11 Å². The lowest BCUT2D eigenvalue weighted by Crippen LogP contribution is -2.48. The van der Waals surface area contributed by atoms with Gasteiger partial charge in [0.15, 0.2) is 0 Å². The normalized spacial score (nSPS) is 37.8. The number of aliphatic hydroxyl groups is 1. The Morgan fingerprint density at radius 3 is 2.61 bits per heavy atom. The van der Waals surface area contributed by atoms with Crippen LogP contribution in [0.4, 0.5) is 0 Å². The molecule has 3 unspecified atom stereocenters. The first-order chi connectivity index (χ1) is 8.79. The van der Waals surface area contributed by atoms with Crippen LogP contribution in [0.2, 0.25) is 0 Å². The fourth-order valence-electron chi connectivity index (χ4n) is 3.62. The number of hydrogen-bond acceptors (Lipinski definition) is 4. The summed E-state index contributed by atoms with van der Waals surface area (Å²) in [4.78, 5) is 0. The molecule has 0 aromatic rings. The van der Waals surface area contributed by atoms with Crippen LogP contribution in [0, 0.1) is 5.92 Å². The van der Waals surface area contributed by atoms with Crippen molar-refractivity contribution < 1.29 is 19.3 Å². The Morgan fingerprint density at radius 2 is 1.89 bits per heavy atom. The summed E-state index contributed by atoms with van der Waals surface area (Å²) in [5.74, 6) is 0.333. The number of hydrogen-bond donors (Lipinski definition) is 1. The second-order valence-corrected chi connectivity index (χ2v) is 5.94. The minimum Gasteiger partial charge on any atom is -0.390 e. The molecule has 0 radical (unpaired) electrons. The Hall–Kier alpha value is -0.160. The molecule has 0 aliphatic carbocycles. The Bertz CT molecular complexity index is 263. The van der Waals surface area contributed by atoms with Crippen LogP contribution in [-0.2, 0) is 14.2 Å². The lowest BCUT2D eigenvalue weighted by molar-refractivity contribution is -0.167. The van der Waals surface area contributed by atoms with Crippen molar-refractivity contribution >= 4 is 0 Å². The van der Waals surface area contributed by atoms with Crippen molar-refractivity contribution in [2.75, 3.05) is 26.4 Å². The van der Waals surface area contributed by atoms with Crippen LogP contribution in [0.3, 0.4) is 0 Å². The summed E-state index contributed by atoms with van der Waals surface area (Å²) in [7, 11) is 0. The van der Waals surface area contributed by atoms with Crippen LogP contribution in [0.15, 0.2) is 0 Å². The van der Waals surface area contributed by atoms with Crippen molar-refractivity contribution in [2.45, 2.75) is 56.3 Å². The topological polar surface area (TPSA) is 47.9 Å². The summed E-state index contributed by atoms with van der Waals surface area (Å²) in [5.41, 5.74) is -0.0270. The van der Waals surface area contributed by atoms with Gasteiger partial charge in [0.1, 0.15) is 0 Å². The van der Waals surface area contributed by atoms with Gasteiger partial charge < -0.3 is 19.3 Å². The van der Waals surface area contributed by atoms with Crippen LogP contribution < -0.4 is 0 Å². The van der Waals surface area contributed by atoms with Gasteiger partial charge >= 0.3 is 0 Å². The van der Waals surface area contributed by atoms with Crippen LogP contribution in [0.5, 0.6) is 0 Å². The Labute approximate surface area is 109 Å². The van der Waals surface area contributed by atoms with Gasteiger partial charge in [-0.3, -0.25) is 0 Å². The van der Waals surface area contributed by atoms with E-state index < -0.39 is 0 Å². The summed E-state index contributed by atoms with van der Waals surface area (Å²) in [6.45, 7) is 3.17. The molecule has 18 heavy (non-hydrogen) atoms. The summed E-state index contributed by atoms with van der Waals surface area (Å²) in [6.07, 6.45) is 5.73. The van der Waals surface area contributed by atoms with Crippen LogP contribution in [-0.4, -0.2) is 49.3 Å². The average Bonchev–Trinajstić information content (AvgIpc) is 2.93. The summed E-state index contributed by atoms with van der Waals surface area (Å²) in [5, 5.41) is 10.5. The molecule has 4 nitrogen and oxygen atoms in total. The van der Waals surface area contributed by atoms with E-state index in [4.69, 9.17) is 14.2 Å². The monoisotopic (exact) mass is 256 g/mol. The zero-order valence-corrected chi connectivity index (χ0v) is 11.0. The van der Waals surface area contributed by atoms with E-state index in [-0.39, 0.29) is 17.8 Å². The SMILES string of the molecule is OC(C1CCOC2(CCOCC2)C1)C1CCCO1. The summed E-state index contributed by atoms with van der Waals surface area (Å²) < 4.78 is 17.1. The largest absolute Gasteiger partial charge is 0.390 e. The van der Waals surface area contributed by atoms with E-state index in [0.29, 0.717) is 5.92 Å². The Kier molecular flexibility index (Phi) is 3.89. The molecular formula is C14H24O4. The molecule has 104 valence electrons. The highest BCUT2D eigenvalue weighted by Gasteiger charge is 2.43. The maximum absolute atomic E-state index is 10.5. The zero-order chi connectivity index (χ0) is 12.4. The van der Waals surface area contributed by atoms with Gasteiger partial charge in [-0.05, 0) is 44.4 Å². The molecule has 0 amide bonds. The first kappa shape index (κ1) is 12.9. The smallest absolute Gasteiger partial charge is 0.0837 e. The highest BCUT2D eigenvalue weighted by molar-refractivity contribution is 4.93. The molecule has 1 spiro atoms. The molecule has 3 atom stereocenters. The third-order valence-corrected chi connectivity index (χ3v) is 4.76. The fourth-order valence-corrected chi connectivity index (χ4v) is 3.62. The van der Waals surface area contributed by atoms with Gasteiger partial charge in [0.05, 0.1) is 17.8 Å². The van der Waals surface area contributed by atoms with E-state index in [2.05, 4.69) is 0 Å². The highest BCUT2D eigenvalue weighted by Crippen LogP contribution is 2.39. The van der Waals surface area contributed by atoms with Crippen LogP contribution in [0.25, 0.3) is 0 Å². The fraction of sp³-hybridized carbons (Fsp3) is 1.00. The van der Waals surface area contributed by atoms with E-state index >= 15 is 0 Å². The summed E-state index contributed by atoms with van der Waals surface area (Å²) >= 11 is 0. The predicted molar refractivity (Wildman–Crippen MR) is 66.4 cm³/mol. The van der Waals surface area contributed by atoms with Crippen molar-refractivity contribution in [3.8, 4) is 0 Å². The van der Waals surface area contributed by atoms with Crippen molar-refractivity contribution in [1.29, 1.82) is 0 Å². The van der Waals surface area contributed by atoms with Gasteiger partial charge in [-0.2, -0.15) is 0 Å². The second kappa shape index (κ2) is 5.45. The van der Waals surface area contributed by atoms with Crippen LogP contribution >= 0.6 is 0 Å². The van der Waals surface area contributed by atoms with Gasteiger partial charge in [0, 0.05) is 26.4 Å². The van der Waals surface area contributed by atoms with Crippen molar-refractivity contribution in [3.05, 3.63) is 0 Å². The van der Waals surface area contributed by atoms with E-state index in [1.807, 2.05) is 0 Å². The third-order valence-electron chi connectivity index (χ3n) is 4.76. The molecule has 0 bridgehead atoms. The van der Waals surface area contributed by atoms with Crippen LogP contribution in [0.1, 0.15) is 38.5 Å². The molecule has 3 rings (SSSR count). The molecule has 0 aromatic heterocycles. The van der Waals surface area contributed by atoms with Gasteiger partial charge in [-0.15, -0.1) is 0 Å². The van der Waals surface area contributed by atoms with Gasteiger partial charge in [-0.1, -0.05) is 0 Å². The molecule has 1 N–H and O–H groups in total. The first-order valence-corrected chi connectivity index (χ1v) is 7.30. The standard InChI is InChI=1S/C14H24O4/c15-13(12-2-1-6-17-12)11-3-7-18-14(10-11)4-8-16-9-5-14/h11-13,15H,1-10H2. The maximum atomic E-state index is 10.5. The molecule has 3 aliphatic rings. The Balaban J connectivity index is 1.62. The van der Waals surface area contributed by atoms with E-state index in [1.54, 1.807) is 0 Å². The van der Waals surface area contributed by atoms with Crippen molar-refractivity contribution in [3.63, 3.8) is 0 Å². The molecule has 3 heterocycles. The first-order valence-electron chi connectivity index (χ1n) is 7.30. The van der Waals surface area contributed by atoms with E-state index in [1.165, 1.54) is 0 Å². The quantitative estimate of drug-likeness (QED) is 0.813. The van der Waals surface area contributed by atoms with Gasteiger partial charge in [0.2, 0.25) is 0 Å². The van der Waals surface area contributed by atoms with E-state index in [0.717, 1.165) is 65.0 Å². The molecule has 3 aliphatic heterocycles. The predicted octanol–water partition coefficient (Wildman–Crippen LogP) is 1.50. The van der Waals surface area contributed by atoms with Gasteiger partial charge in [-0.25, -0.2) is 0 Å². The maximum Gasteiger partial charge on any atom is 0.0837 e. The molecule has 0 saturated carbocycles. The molecule has 0 aromatic carbocycles. The minimum atomic E-state index is -0.309. The number of rotatable bonds is 2. The number of ether oxygens (including phenoxy) is 3. The molecule has 3 saturated heterocycles. The molecule has 4 heteroatoms. The van der Waals surface area contributed by atoms with Crippen molar-refractivity contribution in [1.82, 2.24) is 0 Å². The average molecular weight is 256 g/mol. The highest BCUT2D eigenvalue weighted by atomic mass is 16.5. The lowest BCUT2D eigenvalue weighted by Gasteiger charge is -2.45. The Morgan fingerprint density at radius 1 is 1.06 bits per heavy atom. The second-order valence-electron chi connectivity index (χ2n) is 5.94. The zero-order valence-electron chi connectivity index (χ0n) is 11.0. The summed E-state index contributed by atoms with van der Waals surface area (Å²) in [6, 6.07) is 0. The number of aliphatic hydroxyl groups excluding tert-OH is 1. The third kappa shape index (κ3) is 2.57. The lowest BCUT2D eigenvalue weighted by atomic mass is 9.77. The molecule has 3 fully saturated rings. The van der Waals surface area contributed by atoms with Crippen molar-refractivity contribution in [2.24, 2.45) is 5.92 Å². The van der Waals surface area contributed by atoms with Gasteiger partial charge in [0.25, 0.3) is 0 Å². The molecular weight excluding hydrogens is 232 g/mol. The minimum absolute atomic E-state index is 0.0270.